The highest BCUT2D eigenvalue weighted by Gasteiger charge is 2.27. The quantitative estimate of drug-likeness (QED) is 0.800. The van der Waals surface area contributed by atoms with Gasteiger partial charge in [-0.15, -0.1) is 11.3 Å². The number of carbonyl (C=O) groups is 1. The van der Waals surface area contributed by atoms with Gasteiger partial charge in [0.25, 0.3) is 5.91 Å². The van der Waals surface area contributed by atoms with Gasteiger partial charge >= 0.3 is 0 Å². The fourth-order valence-corrected chi connectivity index (χ4v) is 2.16. The molecule has 1 fully saturated rings. The SMILES string of the molecule is CCNC(=O)c1cnc(C2CC2)s1. The molecule has 0 bridgehead atoms. The molecular weight excluding hydrogens is 184 g/mol. The van der Waals surface area contributed by atoms with Crippen LogP contribution in [-0.4, -0.2) is 17.4 Å². The molecule has 0 radical (unpaired) electrons. The van der Waals surface area contributed by atoms with Crippen molar-refractivity contribution in [2.24, 2.45) is 0 Å². The lowest BCUT2D eigenvalue weighted by molar-refractivity contribution is 0.0959. The van der Waals surface area contributed by atoms with Gasteiger partial charge in [-0.1, -0.05) is 0 Å². The summed E-state index contributed by atoms with van der Waals surface area (Å²) in [6, 6.07) is 0. The van der Waals surface area contributed by atoms with Crippen molar-refractivity contribution in [1.29, 1.82) is 0 Å². The molecule has 2 rings (SSSR count). The summed E-state index contributed by atoms with van der Waals surface area (Å²) in [6.45, 7) is 2.59. The monoisotopic (exact) mass is 196 g/mol. The van der Waals surface area contributed by atoms with E-state index in [1.807, 2.05) is 6.92 Å². The standard InChI is InChI=1S/C9H12N2OS/c1-2-10-8(12)7-5-11-9(13-7)6-3-4-6/h5-6H,2-4H2,1H3,(H,10,12). The maximum absolute atomic E-state index is 11.4. The lowest BCUT2D eigenvalue weighted by atomic mass is 10.4. The van der Waals surface area contributed by atoms with Crippen LogP contribution in [0.3, 0.4) is 0 Å². The van der Waals surface area contributed by atoms with Gasteiger partial charge in [0.2, 0.25) is 0 Å². The summed E-state index contributed by atoms with van der Waals surface area (Å²) in [6.07, 6.45) is 4.16. The maximum atomic E-state index is 11.4. The molecule has 13 heavy (non-hydrogen) atoms. The number of rotatable bonds is 3. The van der Waals surface area contributed by atoms with E-state index in [1.54, 1.807) is 6.20 Å². The Hall–Kier alpha value is -0.900. The Kier molecular flexibility index (Phi) is 2.31. The van der Waals surface area contributed by atoms with Gasteiger partial charge in [0, 0.05) is 12.5 Å². The minimum Gasteiger partial charge on any atom is -0.352 e. The summed E-state index contributed by atoms with van der Waals surface area (Å²) in [4.78, 5) is 16.3. The highest BCUT2D eigenvalue weighted by molar-refractivity contribution is 7.13. The molecule has 0 aromatic carbocycles. The topological polar surface area (TPSA) is 42.0 Å². The van der Waals surface area contributed by atoms with E-state index < -0.39 is 0 Å². The van der Waals surface area contributed by atoms with Crippen molar-refractivity contribution in [3.63, 3.8) is 0 Å². The molecule has 1 amide bonds. The molecular formula is C9H12N2OS. The van der Waals surface area contributed by atoms with Crippen LogP contribution in [0.15, 0.2) is 6.20 Å². The molecule has 1 aromatic rings. The average molecular weight is 196 g/mol. The largest absolute Gasteiger partial charge is 0.352 e. The Morgan fingerprint density at radius 1 is 1.77 bits per heavy atom. The Morgan fingerprint density at radius 2 is 2.54 bits per heavy atom. The smallest absolute Gasteiger partial charge is 0.262 e. The van der Waals surface area contributed by atoms with E-state index in [2.05, 4.69) is 10.3 Å². The summed E-state index contributed by atoms with van der Waals surface area (Å²) in [5, 5.41) is 3.89. The predicted octanol–water partition coefficient (Wildman–Crippen LogP) is 1.77. The van der Waals surface area contributed by atoms with Crippen molar-refractivity contribution in [3.05, 3.63) is 16.1 Å². The Bertz CT molecular complexity index is 317. The van der Waals surface area contributed by atoms with Gasteiger partial charge in [0.1, 0.15) is 4.88 Å². The zero-order valence-electron chi connectivity index (χ0n) is 7.54. The molecule has 0 atom stereocenters. The van der Waals surface area contributed by atoms with Gasteiger partial charge < -0.3 is 5.32 Å². The highest BCUT2D eigenvalue weighted by atomic mass is 32.1. The van der Waals surface area contributed by atoms with Gasteiger partial charge in [-0.3, -0.25) is 4.79 Å². The number of nitrogens with one attached hydrogen (secondary N) is 1. The number of amides is 1. The number of thiazole rings is 1. The van der Waals surface area contributed by atoms with E-state index >= 15 is 0 Å². The Labute approximate surface area is 81.2 Å². The molecule has 0 unspecified atom stereocenters. The second kappa shape index (κ2) is 3.46. The molecule has 1 saturated carbocycles. The number of carbonyl (C=O) groups excluding carboxylic acids is 1. The summed E-state index contributed by atoms with van der Waals surface area (Å²) < 4.78 is 0. The van der Waals surface area contributed by atoms with Crippen LogP contribution in [0, 0.1) is 0 Å². The lowest BCUT2D eigenvalue weighted by Crippen LogP contribution is -2.21. The second-order valence-corrected chi connectivity index (χ2v) is 4.26. The van der Waals surface area contributed by atoms with Gasteiger partial charge in [-0.05, 0) is 19.8 Å². The molecule has 1 aromatic heterocycles. The zero-order chi connectivity index (χ0) is 9.26. The van der Waals surface area contributed by atoms with E-state index in [0.717, 1.165) is 9.88 Å². The Balaban J connectivity index is 2.07. The number of hydrogen-bond acceptors (Lipinski definition) is 3. The Morgan fingerprint density at radius 3 is 3.15 bits per heavy atom. The molecule has 1 aliphatic carbocycles. The first-order chi connectivity index (χ1) is 6.31. The van der Waals surface area contributed by atoms with Crippen LogP contribution in [0.1, 0.15) is 40.4 Å². The van der Waals surface area contributed by atoms with E-state index in [-0.39, 0.29) is 5.91 Å². The number of nitrogens with zero attached hydrogens (tertiary/aromatic N) is 1. The molecule has 1 heterocycles. The third-order valence-corrected chi connectivity index (χ3v) is 3.17. The first-order valence-electron chi connectivity index (χ1n) is 4.55. The fraction of sp³-hybridized carbons (Fsp3) is 0.556. The van der Waals surface area contributed by atoms with Crippen LogP contribution in [-0.2, 0) is 0 Å². The minimum atomic E-state index is 0.00639. The highest BCUT2D eigenvalue weighted by Crippen LogP contribution is 2.41. The molecule has 70 valence electrons. The first-order valence-corrected chi connectivity index (χ1v) is 5.37. The van der Waals surface area contributed by atoms with Crippen molar-refractivity contribution in [1.82, 2.24) is 10.3 Å². The van der Waals surface area contributed by atoms with Crippen LogP contribution in [0.4, 0.5) is 0 Å². The maximum Gasteiger partial charge on any atom is 0.262 e. The summed E-state index contributed by atoms with van der Waals surface area (Å²) in [5.41, 5.74) is 0. The number of aromatic nitrogens is 1. The fourth-order valence-electron chi connectivity index (χ4n) is 1.16. The van der Waals surface area contributed by atoms with Gasteiger partial charge in [0.15, 0.2) is 0 Å². The number of hydrogen-bond donors (Lipinski definition) is 1. The minimum absolute atomic E-state index is 0.00639. The van der Waals surface area contributed by atoms with Gasteiger partial charge in [-0.2, -0.15) is 0 Å². The van der Waals surface area contributed by atoms with Crippen molar-refractivity contribution in [3.8, 4) is 0 Å². The van der Waals surface area contributed by atoms with E-state index in [9.17, 15) is 4.79 Å². The van der Waals surface area contributed by atoms with Crippen LogP contribution < -0.4 is 5.32 Å². The van der Waals surface area contributed by atoms with E-state index in [4.69, 9.17) is 0 Å². The zero-order valence-corrected chi connectivity index (χ0v) is 8.36. The van der Waals surface area contributed by atoms with Crippen LogP contribution >= 0.6 is 11.3 Å². The molecule has 0 spiro atoms. The van der Waals surface area contributed by atoms with Crippen LogP contribution in [0.2, 0.25) is 0 Å². The third-order valence-electron chi connectivity index (χ3n) is 2.01. The first kappa shape index (κ1) is 8.69. The molecule has 1 aliphatic rings. The molecule has 0 saturated heterocycles. The lowest BCUT2D eigenvalue weighted by Gasteiger charge is -1.95. The predicted molar refractivity (Wildman–Crippen MR) is 52.1 cm³/mol. The average Bonchev–Trinajstić information content (AvgIpc) is 2.84. The van der Waals surface area contributed by atoms with Gasteiger partial charge in [-0.25, -0.2) is 4.98 Å². The van der Waals surface area contributed by atoms with E-state index in [0.29, 0.717) is 12.5 Å². The van der Waals surface area contributed by atoms with Crippen molar-refractivity contribution >= 4 is 17.2 Å². The van der Waals surface area contributed by atoms with Crippen LogP contribution in [0.5, 0.6) is 0 Å². The summed E-state index contributed by atoms with van der Waals surface area (Å²) >= 11 is 1.53. The molecule has 4 heteroatoms. The normalized spacial score (nSPS) is 15.8. The van der Waals surface area contributed by atoms with E-state index in [1.165, 1.54) is 24.2 Å². The second-order valence-electron chi connectivity index (χ2n) is 3.20. The molecule has 1 N–H and O–H groups in total. The van der Waals surface area contributed by atoms with Crippen molar-refractivity contribution < 1.29 is 4.79 Å². The summed E-state index contributed by atoms with van der Waals surface area (Å²) in [5.74, 6) is 0.653. The molecule has 3 nitrogen and oxygen atoms in total. The van der Waals surface area contributed by atoms with Gasteiger partial charge in [0.05, 0.1) is 11.2 Å². The third kappa shape index (κ3) is 1.88. The van der Waals surface area contributed by atoms with Crippen molar-refractivity contribution in [2.45, 2.75) is 25.7 Å². The summed E-state index contributed by atoms with van der Waals surface area (Å²) in [7, 11) is 0. The molecule has 0 aliphatic heterocycles. The van der Waals surface area contributed by atoms with Crippen molar-refractivity contribution in [2.75, 3.05) is 6.54 Å². The van der Waals surface area contributed by atoms with Crippen LogP contribution in [0.25, 0.3) is 0 Å².